The molecule has 1 aromatic rings. The normalized spacial score (nSPS) is 24.7. The lowest BCUT2D eigenvalue weighted by Gasteiger charge is -2.27. The fourth-order valence-corrected chi connectivity index (χ4v) is 3.68. The topological polar surface area (TPSA) is 27.7 Å². The number of halogens is 1. The molecule has 0 saturated carbocycles. The Morgan fingerprint density at radius 1 is 1.13 bits per heavy atom. The first kappa shape index (κ1) is 19.2. The van der Waals surface area contributed by atoms with Crippen LogP contribution in [0, 0.1) is 0 Å². The summed E-state index contributed by atoms with van der Waals surface area (Å²) in [6.45, 7) is 6.96. The molecule has 23 heavy (non-hydrogen) atoms. The fourth-order valence-electron chi connectivity index (χ4n) is 3.00. The van der Waals surface area contributed by atoms with Gasteiger partial charge in [-0.25, -0.2) is 0 Å². The molecule has 1 heterocycles. The number of hydrogen-bond acceptors (Lipinski definition) is 3. The molecular weight excluding hydrogens is 403 g/mol. The van der Waals surface area contributed by atoms with Crippen molar-refractivity contribution < 1.29 is 14.2 Å². The molecule has 0 bridgehead atoms. The molecule has 3 nitrogen and oxygen atoms in total. The number of alkyl halides is 1. The summed E-state index contributed by atoms with van der Waals surface area (Å²) in [7, 11) is 0. The van der Waals surface area contributed by atoms with Crippen LogP contribution in [0.5, 0.6) is 0 Å². The predicted molar refractivity (Wildman–Crippen MR) is 102 cm³/mol. The van der Waals surface area contributed by atoms with Crippen LogP contribution in [0.15, 0.2) is 30.3 Å². The Balaban J connectivity index is 2.07. The van der Waals surface area contributed by atoms with Crippen LogP contribution in [-0.4, -0.2) is 29.0 Å². The third-order valence-corrected chi connectivity index (χ3v) is 4.96. The van der Waals surface area contributed by atoms with Crippen LogP contribution in [0.25, 0.3) is 0 Å². The van der Waals surface area contributed by atoms with Gasteiger partial charge in [-0.2, -0.15) is 0 Å². The second-order valence-corrected chi connectivity index (χ2v) is 7.44. The van der Waals surface area contributed by atoms with E-state index >= 15 is 0 Å². The van der Waals surface area contributed by atoms with Crippen LogP contribution in [0.3, 0.4) is 0 Å². The molecule has 1 saturated heterocycles. The van der Waals surface area contributed by atoms with E-state index in [0.29, 0.717) is 0 Å². The van der Waals surface area contributed by atoms with Gasteiger partial charge in [-0.1, -0.05) is 79.1 Å². The van der Waals surface area contributed by atoms with Crippen molar-refractivity contribution in [3.63, 3.8) is 0 Å². The first-order chi connectivity index (χ1) is 11.1. The maximum absolute atomic E-state index is 6.28. The van der Waals surface area contributed by atoms with E-state index in [9.17, 15) is 0 Å². The third kappa shape index (κ3) is 5.69. The molecule has 0 radical (unpaired) electrons. The van der Waals surface area contributed by atoms with Crippen molar-refractivity contribution in [1.82, 2.24) is 0 Å². The van der Waals surface area contributed by atoms with Gasteiger partial charge in [0.2, 0.25) is 0 Å². The quantitative estimate of drug-likeness (QED) is 0.302. The Labute approximate surface area is 154 Å². The van der Waals surface area contributed by atoms with E-state index in [1.165, 1.54) is 24.8 Å². The van der Waals surface area contributed by atoms with Crippen molar-refractivity contribution >= 4 is 22.6 Å². The van der Waals surface area contributed by atoms with E-state index in [-0.39, 0.29) is 18.3 Å². The molecule has 3 atom stereocenters. The van der Waals surface area contributed by atoms with Gasteiger partial charge in [0, 0.05) is 11.0 Å². The zero-order valence-corrected chi connectivity index (χ0v) is 16.6. The monoisotopic (exact) mass is 432 g/mol. The van der Waals surface area contributed by atoms with Gasteiger partial charge in [-0.15, -0.1) is 0 Å². The van der Waals surface area contributed by atoms with Gasteiger partial charge in [-0.3, -0.25) is 0 Å². The summed E-state index contributed by atoms with van der Waals surface area (Å²) in [4.78, 5) is 0. The summed E-state index contributed by atoms with van der Waals surface area (Å²) in [6.07, 6.45) is 4.77. The van der Waals surface area contributed by atoms with Gasteiger partial charge < -0.3 is 14.2 Å². The minimum absolute atomic E-state index is 0.0597. The van der Waals surface area contributed by atoms with Gasteiger partial charge in [0.15, 0.2) is 5.79 Å². The van der Waals surface area contributed by atoms with Crippen LogP contribution in [-0.2, 0) is 14.2 Å². The minimum Gasteiger partial charge on any atom is -0.371 e. The highest BCUT2D eigenvalue weighted by Gasteiger charge is 2.45. The maximum Gasteiger partial charge on any atom is 0.163 e. The lowest BCUT2D eigenvalue weighted by Crippen LogP contribution is -2.32. The van der Waals surface area contributed by atoms with E-state index < -0.39 is 5.79 Å². The molecule has 0 aromatic heterocycles. The van der Waals surface area contributed by atoms with Crippen molar-refractivity contribution in [2.45, 2.75) is 70.6 Å². The van der Waals surface area contributed by atoms with Gasteiger partial charge in [-0.05, 0) is 25.8 Å². The zero-order valence-electron chi connectivity index (χ0n) is 14.5. The first-order valence-electron chi connectivity index (χ1n) is 8.65. The summed E-state index contributed by atoms with van der Waals surface area (Å²) in [5, 5.41) is 0. The minimum atomic E-state index is -0.543. The van der Waals surface area contributed by atoms with Crippen LogP contribution in [0.4, 0.5) is 0 Å². The highest BCUT2D eigenvalue weighted by molar-refractivity contribution is 14.1. The molecule has 0 aliphatic carbocycles. The zero-order chi connectivity index (χ0) is 16.7. The molecule has 0 amide bonds. The Bertz CT molecular complexity index is 449. The van der Waals surface area contributed by atoms with E-state index in [4.69, 9.17) is 14.2 Å². The predicted octanol–water partition coefficient (Wildman–Crippen LogP) is 5.28. The average Bonchev–Trinajstić information content (AvgIpc) is 2.86. The molecule has 0 spiro atoms. The van der Waals surface area contributed by atoms with Crippen molar-refractivity contribution in [2.24, 2.45) is 0 Å². The summed E-state index contributed by atoms with van der Waals surface area (Å²) in [5.41, 5.74) is 1.17. The number of rotatable bonds is 9. The molecule has 2 rings (SSSR count). The standard InChI is InChI=1S/C19H29IO3/c1-4-5-6-10-13-21-17(15-11-8-7-9-12-15)18-16(14-20)22-19(2,3)23-18/h7-9,11-12,16-18H,4-6,10,13-14H2,1-3H3/t16-,17-,18+/m1/s1. The van der Waals surface area contributed by atoms with Gasteiger partial charge in [0.05, 0.1) is 6.10 Å². The Kier molecular flexibility index (Phi) is 7.79. The molecule has 0 N–H and O–H groups in total. The Morgan fingerprint density at radius 3 is 2.52 bits per heavy atom. The van der Waals surface area contributed by atoms with Gasteiger partial charge >= 0.3 is 0 Å². The van der Waals surface area contributed by atoms with Crippen molar-refractivity contribution in [2.75, 3.05) is 11.0 Å². The third-order valence-electron chi connectivity index (χ3n) is 4.10. The Morgan fingerprint density at radius 2 is 1.87 bits per heavy atom. The summed E-state index contributed by atoms with van der Waals surface area (Å²) >= 11 is 2.37. The highest BCUT2D eigenvalue weighted by atomic mass is 127. The van der Waals surface area contributed by atoms with Crippen LogP contribution >= 0.6 is 22.6 Å². The van der Waals surface area contributed by atoms with Crippen LogP contribution < -0.4 is 0 Å². The van der Waals surface area contributed by atoms with Crippen molar-refractivity contribution in [3.8, 4) is 0 Å². The SMILES string of the molecule is CCCCCCO[C@H](c1ccccc1)[C@H]1OC(C)(C)O[C@@H]1CI. The summed E-state index contributed by atoms with van der Waals surface area (Å²) in [5.74, 6) is -0.543. The van der Waals surface area contributed by atoms with E-state index in [2.05, 4.69) is 53.8 Å². The van der Waals surface area contributed by atoms with Crippen LogP contribution in [0.1, 0.15) is 58.1 Å². The number of ether oxygens (including phenoxy) is 3. The number of unbranched alkanes of at least 4 members (excludes halogenated alkanes) is 3. The van der Waals surface area contributed by atoms with Gasteiger partial charge in [0.1, 0.15) is 12.2 Å². The molecule has 4 heteroatoms. The van der Waals surface area contributed by atoms with E-state index in [0.717, 1.165) is 17.5 Å². The summed E-state index contributed by atoms with van der Waals surface area (Å²) in [6, 6.07) is 10.4. The lowest BCUT2D eigenvalue weighted by atomic mass is 10.0. The lowest BCUT2D eigenvalue weighted by molar-refractivity contribution is -0.159. The average molecular weight is 432 g/mol. The fraction of sp³-hybridized carbons (Fsp3) is 0.684. The number of hydrogen-bond donors (Lipinski definition) is 0. The molecular formula is C19H29IO3. The van der Waals surface area contributed by atoms with E-state index in [1.807, 2.05) is 19.9 Å². The molecule has 1 aliphatic rings. The van der Waals surface area contributed by atoms with Crippen molar-refractivity contribution in [3.05, 3.63) is 35.9 Å². The second-order valence-electron chi connectivity index (χ2n) is 6.56. The number of benzene rings is 1. The largest absolute Gasteiger partial charge is 0.371 e. The second kappa shape index (κ2) is 9.35. The molecule has 130 valence electrons. The van der Waals surface area contributed by atoms with E-state index in [1.54, 1.807) is 0 Å². The van der Waals surface area contributed by atoms with Crippen molar-refractivity contribution in [1.29, 1.82) is 0 Å². The Hall–Kier alpha value is -0.170. The molecule has 0 unspecified atom stereocenters. The maximum atomic E-state index is 6.28. The molecule has 1 fully saturated rings. The smallest absolute Gasteiger partial charge is 0.163 e. The summed E-state index contributed by atoms with van der Waals surface area (Å²) < 4.78 is 19.4. The molecule has 1 aliphatic heterocycles. The van der Waals surface area contributed by atoms with Crippen LogP contribution in [0.2, 0.25) is 0 Å². The highest BCUT2D eigenvalue weighted by Crippen LogP contribution is 2.38. The molecule has 1 aromatic carbocycles. The first-order valence-corrected chi connectivity index (χ1v) is 10.2. The van der Waals surface area contributed by atoms with Gasteiger partial charge in [0.25, 0.3) is 0 Å².